The molecule has 9 heteroatoms. The Morgan fingerprint density at radius 3 is 1.77 bits per heavy atom. The lowest BCUT2D eigenvalue weighted by Crippen LogP contribution is -2.49. The van der Waals surface area contributed by atoms with Crippen LogP contribution in [-0.4, -0.2) is 75.1 Å². The van der Waals surface area contributed by atoms with Gasteiger partial charge in [-0.3, -0.25) is 9.80 Å². The van der Waals surface area contributed by atoms with Gasteiger partial charge in [0.2, 0.25) is 0 Å². The molecule has 5 aromatic carbocycles. The fourth-order valence-electron chi connectivity index (χ4n) is 10.9. The first-order chi connectivity index (χ1) is 29.9. The molecule has 61 heavy (non-hydrogen) atoms. The number of piperidine rings is 2. The van der Waals surface area contributed by atoms with Crippen molar-refractivity contribution < 1.29 is 9.47 Å². The van der Waals surface area contributed by atoms with Crippen LogP contribution in [0.1, 0.15) is 103 Å². The monoisotopic (exact) mass is 815 g/mol. The van der Waals surface area contributed by atoms with E-state index in [-0.39, 0.29) is 24.3 Å². The molecule has 0 radical (unpaired) electrons. The van der Waals surface area contributed by atoms with Gasteiger partial charge in [-0.05, 0) is 134 Å². The van der Waals surface area contributed by atoms with Crippen LogP contribution in [0.3, 0.4) is 0 Å². The molecule has 5 aliphatic rings. The Hall–Kier alpha value is -5.06. The maximum atomic E-state index is 6.87. The summed E-state index contributed by atoms with van der Waals surface area (Å²) in [7, 11) is 0. The Balaban J connectivity index is 0.000000148. The van der Waals surface area contributed by atoms with Crippen LogP contribution < -0.4 is 20.9 Å². The number of benzene rings is 5. The Bertz CT molecular complexity index is 2400. The van der Waals surface area contributed by atoms with Crippen LogP contribution in [-0.2, 0) is 12.8 Å². The van der Waals surface area contributed by atoms with Gasteiger partial charge in [-0.25, -0.2) is 0 Å². The highest BCUT2D eigenvalue weighted by atomic mass is 16.5. The van der Waals surface area contributed by atoms with Crippen molar-refractivity contribution in [2.45, 2.75) is 113 Å². The van der Waals surface area contributed by atoms with Gasteiger partial charge in [0.15, 0.2) is 0 Å². The second kappa shape index (κ2) is 17.7. The van der Waals surface area contributed by atoms with Crippen LogP contribution in [0.5, 0.6) is 11.5 Å². The highest BCUT2D eigenvalue weighted by Crippen LogP contribution is 2.44. The van der Waals surface area contributed by atoms with E-state index in [4.69, 9.17) is 31.1 Å². The lowest BCUT2D eigenvalue weighted by molar-refractivity contribution is 0.0591. The van der Waals surface area contributed by atoms with E-state index in [2.05, 4.69) is 108 Å². The maximum absolute atomic E-state index is 6.87. The van der Waals surface area contributed by atoms with E-state index in [1.807, 2.05) is 24.3 Å². The Morgan fingerprint density at radius 1 is 0.541 bits per heavy atom. The fourth-order valence-corrected chi connectivity index (χ4v) is 10.9. The molecule has 5 atom stereocenters. The molecule has 3 fully saturated rings. The summed E-state index contributed by atoms with van der Waals surface area (Å²) in [6.07, 6.45) is 11.9. The van der Waals surface area contributed by atoms with Gasteiger partial charge in [-0.1, -0.05) is 97.8 Å². The molecule has 2 unspecified atom stereocenters. The summed E-state index contributed by atoms with van der Waals surface area (Å²) >= 11 is 0. The molecule has 1 saturated carbocycles. The van der Waals surface area contributed by atoms with Gasteiger partial charge in [0.1, 0.15) is 40.4 Å². The number of nitrogens with two attached hydrogens (primary N) is 2. The third-order valence-corrected chi connectivity index (χ3v) is 14.1. The standard InChI is InChI=1S/C27H29N5O.C25H32N2O/c1-18-12-13-26(24(15-18)32-29-22-10-4-5-11-23(22)30-32)33-27-21-9-3-2-7-19(21)16-25(27)31-14-6-8-20(28)17-31;26-20-13-15-27(16-14-20)23-17-19-9-3-4-11-22(19)25(23)28-24-12-6-5-10-21(24)18-7-1-2-8-18/h2-5,7,9-13,15,20,25,27H,6,8,14,16-17,28H2,1H3;3-6,9-12,18,20,23,25H,1-2,7-8,13-17,26H2/t20-,25-,27-;/m1./s1. The second-order valence-corrected chi connectivity index (χ2v) is 18.3. The van der Waals surface area contributed by atoms with E-state index < -0.39 is 0 Å². The van der Waals surface area contributed by atoms with Gasteiger partial charge >= 0.3 is 0 Å². The first-order valence-electron chi connectivity index (χ1n) is 23.0. The van der Waals surface area contributed by atoms with Crippen LogP contribution in [0.15, 0.2) is 115 Å². The van der Waals surface area contributed by atoms with Gasteiger partial charge in [-0.15, -0.1) is 15.0 Å². The van der Waals surface area contributed by atoms with Crippen molar-refractivity contribution in [1.82, 2.24) is 24.8 Å². The summed E-state index contributed by atoms with van der Waals surface area (Å²) in [5.41, 5.74) is 23.2. The molecule has 9 nitrogen and oxygen atoms in total. The number of nitrogens with zero attached hydrogens (tertiary/aromatic N) is 5. The zero-order chi connectivity index (χ0) is 41.3. The predicted molar refractivity (Wildman–Crippen MR) is 243 cm³/mol. The highest BCUT2D eigenvalue weighted by Gasteiger charge is 2.41. The van der Waals surface area contributed by atoms with Crippen molar-refractivity contribution in [1.29, 1.82) is 0 Å². The number of hydrogen-bond acceptors (Lipinski definition) is 8. The van der Waals surface area contributed by atoms with E-state index in [0.29, 0.717) is 18.0 Å². The Kier molecular flexibility index (Phi) is 11.6. The molecule has 316 valence electrons. The number of aromatic nitrogens is 3. The smallest absolute Gasteiger partial charge is 0.147 e. The average Bonchev–Trinajstić information content (AvgIpc) is 4.11. The molecule has 1 aromatic heterocycles. The lowest BCUT2D eigenvalue weighted by Gasteiger charge is -2.38. The SMILES string of the molecule is Cc1ccc(O[C@@H]2c3ccccc3C[C@H]2N2CCC[C@@H](N)C2)c(-n2nc3ccccc3n2)c1.NC1CCN(C2Cc3ccccc3C2Oc2ccccc2C2CCCC2)CC1. The Labute approximate surface area is 361 Å². The van der Waals surface area contributed by atoms with E-state index >= 15 is 0 Å². The molecular weight excluding hydrogens is 755 g/mol. The van der Waals surface area contributed by atoms with Crippen LogP contribution in [0.4, 0.5) is 0 Å². The molecule has 4 N–H and O–H groups in total. The van der Waals surface area contributed by atoms with Crippen molar-refractivity contribution in [3.05, 3.63) is 149 Å². The minimum atomic E-state index is -0.0575. The summed E-state index contributed by atoms with van der Waals surface area (Å²) in [6, 6.07) is 41.8. The molecule has 2 saturated heterocycles. The zero-order valence-corrected chi connectivity index (χ0v) is 35.6. The summed E-state index contributed by atoms with van der Waals surface area (Å²) in [5.74, 6) is 2.57. The number of rotatable bonds is 8. The van der Waals surface area contributed by atoms with Gasteiger partial charge < -0.3 is 20.9 Å². The molecule has 0 spiro atoms. The van der Waals surface area contributed by atoms with Crippen LogP contribution in [0, 0.1) is 6.92 Å². The maximum Gasteiger partial charge on any atom is 0.147 e. The number of para-hydroxylation sites is 1. The molecule has 3 aliphatic carbocycles. The second-order valence-electron chi connectivity index (χ2n) is 18.3. The number of hydrogen-bond donors (Lipinski definition) is 2. The van der Waals surface area contributed by atoms with Gasteiger partial charge in [-0.2, -0.15) is 0 Å². The van der Waals surface area contributed by atoms with Crippen LogP contribution in [0.25, 0.3) is 16.7 Å². The summed E-state index contributed by atoms with van der Waals surface area (Å²) in [5, 5.41) is 9.44. The van der Waals surface area contributed by atoms with Crippen LogP contribution >= 0.6 is 0 Å². The number of fused-ring (bicyclic) bond motifs is 3. The number of ether oxygens (including phenoxy) is 2. The summed E-state index contributed by atoms with van der Waals surface area (Å²) in [4.78, 5) is 6.87. The quantitative estimate of drug-likeness (QED) is 0.157. The van der Waals surface area contributed by atoms with Crippen molar-refractivity contribution in [3.63, 3.8) is 0 Å². The van der Waals surface area contributed by atoms with E-state index in [9.17, 15) is 0 Å². The van der Waals surface area contributed by atoms with Crippen molar-refractivity contribution >= 4 is 11.0 Å². The Morgan fingerprint density at radius 2 is 1.11 bits per heavy atom. The first kappa shape index (κ1) is 40.0. The first-order valence-corrected chi connectivity index (χ1v) is 23.0. The van der Waals surface area contributed by atoms with Gasteiger partial charge in [0, 0.05) is 31.7 Å². The number of likely N-dealkylation sites (tertiary alicyclic amines) is 2. The van der Waals surface area contributed by atoms with Gasteiger partial charge in [0.25, 0.3) is 0 Å². The van der Waals surface area contributed by atoms with E-state index in [1.54, 1.807) is 4.80 Å². The fraction of sp³-hybridized carbons (Fsp3) is 0.423. The minimum Gasteiger partial charge on any atom is -0.484 e. The van der Waals surface area contributed by atoms with E-state index in [0.717, 1.165) is 98.5 Å². The number of aryl methyl sites for hydroxylation is 1. The highest BCUT2D eigenvalue weighted by molar-refractivity contribution is 5.73. The topological polar surface area (TPSA) is 108 Å². The molecule has 0 bridgehead atoms. The molecular formula is C52H61N7O2. The molecule has 3 heterocycles. The summed E-state index contributed by atoms with van der Waals surface area (Å²) in [6.45, 7) is 6.25. The average molecular weight is 816 g/mol. The largest absolute Gasteiger partial charge is 0.484 e. The minimum absolute atomic E-state index is 0.0575. The third-order valence-electron chi connectivity index (χ3n) is 14.1. The van der Waals surface area contributed by atoms with Crippen LogP contribution in [0.2, 0.25) is 0 Å². The normalized spacial score (nSPS) is 24.6. The molecule has 2 aliphatic heterocycles. The van der Waals surface area contributed by atoms with Gasteiger partial charge in [0.05, 0.1) is 12.1 Å². The van der Waals surface area contributed by atoms with E-state index in [1.165, 1.54) is 53.5 Å². The van der Waals surface area contributed by atoms with Crippen molar-refractivity contribution in [2.24, 2.45) is 11.5 Å². The van der Waals surface area contributed by atoms with Crippen molar-refractivity contribution in [3.8, 4) is 17.2 Å². The molecule has 6 aromatic rings. The molecule has 0 amide bonds. The lowest BCUT2D eigenvalue weighted by atomic mass is 9.96. The van der Waals surface area contributed by atoms with Crippen molar-refractivity contribution in [2.75, 3.05) is 26.2 Å². The predicted octanol–water partition coefficient (Wildman–Crippen LogP) is 9.01. The summed E-state index contributed by atoms with van der Waals surface area (Å²) < 4.78 is 13.7. The zero-order valence-electron chi connectivity index (χ0n) is 35.6. The molecule has 11 rings (SSSR count). The third kappa shape index (κ3) is 8.46.